The van der Waals surface area contributed by atoms with Gasteiger partial charge in [0.15, 0.2) is 0 Å². The molecular formula is C21H19F17O2. The lowest BCUT2D eigenvalue weighted by Gasteiger charge is -2.43. The Bertz CT molecular complexity index is 1010. The Hall–Kier alpha value is -2.21. The Labute approximate surface area is 214 Å². The first kappa shape index (κ1) is 35.8. The molecular weight excluding hydrogens is 607 g/mol. The van der Waals surface area contributed by atoms with Crippen molar-refractivity contribution in [1.82, 2.24) is 0 Å². The summed E-state index contributed by atoms with van der Waals surface area (Å²) in [5.41, 5.74) is -4.17. The zero-order valence-corrected chi connectivity index (χ0v) is 20.1. The Morgan fingerprint density at radius 2 is 0.975 bits per heavy atom. The number of benzene rings is 1. The van der Waals surface area contributed by atoms with Gasteiger partial charge in [0.1, 0.15) is 5.75 Å². The summed E-state index contributed by atoms with van der Waals surface area (Å²) in [4.78, 5) is 0. The molecule has 234 valence electrons. The number of ether oxygens (including phenoxy) is 1. The van der Waals surface area contributed by atoms with Crippen LogP contribution in [0.15, 0.2) is 24.3 Å². The second-order valence-electron chi connectivity index (χ2n) is 8.96. The number of halogens is 17. The summed E-state index contributed by atoms with van der Waals surface area (Å²) in [5, 5.41) is 10.2. The lowest BCUT2D eigenvalue weighted by atomic mass is 9.83. The fourth-order valence-corrected chi connectivity index (χ4v) is 3.05. The molecule has 0 aliphatic carbocycles. The van der Waals surface area contributed by atoms with Crippen molar-refractivity contribution in [3.8, 4) is 5.75 Å². The minimum Gasteiger partial charge on any atom is -0.491 e. The SMILES string of the molecule is CCC(C)Oc1ccc(C(C)(O)CC(F)(F)C(F)(F)C(F)(F)C(F)(F)C(F)(F)C(F)(F)C(F)(F)C(F)(F)F)cc1. The molecule has 2 nitrogen and oxygen atoms in total. The van der Waals surface area contributed by atoms with Crippen LogP contribution >= 0.6 is 0 Å². The molecule has 19 heteroatoms. The number of hydrogen-bond acceptors (Lipinski definition) is 2. The largest absolute Gasteiger partial charge is 0.491 e. The van der Waals surface area contributed by atoms with E-state index in [1.54, 1.807) is 13.8 Å². The molecule has 0 spiro atoms. The summed E-state index contributed by atoms with van der Waals surface area (Å²) in [6.07, 6.45) is -10.8. The van der Waals surface area contributed by atoms with Crippen LogP contribution < -0.4 is 4.74 Å². The number of rotatable bonds is 12. The lowest BCUT2D eigenvalue weighted by Crippen LogP contribution is -2.74. The average Bonchev–Trinajstić information content (AvgIpc) is 2.77. The van der Waals surface area contributed by atoms with E-state index in [9.17, 15) is 79.7 Å². The van der Waals surface area contributed by atoms with Crippen molar-refractivity contribution >= 4 is 0 Å². The molecule has 1 aromatic carbocycles. The van der Waals surface area contributed by atoms with Crippen molar-refractivity contribution in [2.75, 3.05) is 0 Å². The molecule has 0 aliphatic heterocycles. The van der Waals surface area contributed by atoms with Crippen LogP contribution in [0.25, 0.3) is 0 Å². The van der Waals surface area contributed by atoms with Gasteiger partial charge >= 0.3 is 47.6 Å². The van der Waals surface area contributed by atoms with Gasteiger partial charge in [-0.25, -0.2) is 0 Å². The molecule has 0 fully saturated rings. The minimum atomic E-state index is -8.70. The van der Waals surface area contributed by atoms with Gasteiger partial charge < -0.3 is 9.84 Å². The molecule has 0 saturated heterocycles. The number of hydrogen-bond donors (Lipinski definition) is 1. The molecule has 40 heavy (non-hydrogen) atoms. The fraction of sp³-hybridized carbons (Fsp3) is 0.714. The number of aliphatic hydroxyl groups is 1. The van der Waals surface area contributed by atoms with Crippen LogP contribution in [0.1, 0.15) is 39.2 Å². The van der Waals surface area contributed by atoms with Gasteiger partial charge in [0.25, 0.3) is 0 Å². The van der Waals surface area contributed by atoms with Gasteiger partial charge in [-0.15, -0.1) is 0 Å². The van der Waals surface area contributed by atoms with Crippen LogP contribution in [0.4, 0.5) is 74.6 Å². The molecule has 1 rings (SSSR count). The Morgan fingerprint density at radius 3 is 1.32 bits per heavy atom. The maximum absolute atomic E-state index is 14.3. The quantitative estimate of drug-likeness (QED) is 0.236. The summed E-state index contributed by atoms with van der Waals surface area (Å²) in [6.45, 7) is 3.50. The molecule has 0 amide bonds. The topological polar surface area (TPSA) is 29.5 Å². The zero-order chi connectivity index (χ0) is 32.2. The van der Waals surface area contributed by atoms with Gasteiger partial charge in [-0.2, -0.15) is 74.6 Å². The summed E-state index contributed by atoms with van der Waals surface area (Å²) >= 11 is 0. The second kappa shape index (κ2) is 10.3. The summed E-state index contributed by atoms with van der Waals surface area (Å²) < 4.78 is 233. The molecule has 0 heterocycles. The van der Waals surface area contributed by atoms with E-state index in [4.69, 9.17) is 4.74 Å². The van der Waals surface area contributed by atoms with Gasteiger partial charge in [-0.3, -0.25) is 0 Å². The normalized spacial score (nSPS) is 17.4. The van der Waals surface area contributed by atoms with Crippen LogP contribution in [0.3, 0.4) is 0 Å². The van der Waals surface area contributed by atoms with Gasteiger partial charge in [0.2, 0.25) is 0 Å². The van der Waals surface area contributed by atoms with E-state index in [2.05, 4.69) is 0 Å². The predicted molar refractivity (Wildman–Crippen MR) is 102 cm³/mol. The van der Waals surface area contributed by atoms with Crippen LogP contribution in [-0.4, -0.2) is 58.8 Å². The van der Waals surface area contributed by atoms with Crippen molar-refractivity contribution in [2.45, 2.75) is 93.0 Å². The highest BCUT2D eigenvalue weighted by Crippen LogP contribution is 2.64. The average molecular weight is 626 g/mol. The summed E-state index contributed by atoms with van der Waals surface area (Å²) in [7, 11) is 0. The van der Waals surface area contributed by atoms with Gasteiger partial charge in [0, 0.05) is 0 Å². The third-order valence-corrected chi connectivity index (χ3v) is 5.74. The highest BCUT2D eigenvalue weighted by molar-refractivity contribution is 5.31. The van der Waals surface area contributed by atoms with E-state index in [-0.39, 0.29) is 12.7 Å². The van der Waals surface area contributed by atoms with Crippen LogP contribution in [0, 0.1) is 0 Å². The van der Waals surface area contributed by atoms with Crippen molar-refractivity contribution in [2.24, 2.45) is 0 Å². The Balaban J connectivity index is 3.51. The third kappa shape index (κ3) is 5.49. The number of alkyl halides is 17. The minimum absolute atomic E-state index is 0.0102. The maximum atomic E-state index is 14.3. The van der Waals surface area contributed by atoms with Crippen molar-refractivity contribution in [3.05, 3.63) is 29.8 Å². The van der Waals surface area contributed by atoms with Crippen LogP contribution in [-0.2, 0) is 5.60 Å². The monoisotopic (exact) mass is 626 g/mol. The molecule has 1 aromatic rings. The second-order valence-corrected chi connectivity index (χ2v) is 8.96. The fourth-order valence-electron chi connectivity index (χ4n) is 3.05. The molecule has 0 radical (unpaired) electrons. The van der Waals surface area contributed by atoms with Crippen LogP contribution in [0.5, 0.6) is 5.75 Å². The van der Waals surface area contributed by atoms with E-state index >= 15 is 0 Å². The van der Waals surface area contributed by atoms with Crippen molar-refractivity contribution < 1.29 is 84.5 Å². The van der Waals surface area contributed by atoms with Gasteiger partial charge in [0.05, 0.1) is 18.1 Å². The van der Waals surface area contributed by atoms with E-state index in [1.165, 1.54) is 0 Å². The van der Waals surface area contributed by atoms with Crippen LogP contribution in [0.2, 0.25) is 0 Å². The molecule has 2 unspecified atom stereocenters. The first-order valence-corrected chi connectivity index (χ1v) is 10.6. The molecule has 0 aliphatic rings. The smallest absolute Gasteiger partial charge is 0.460 e. The summed E-state index contributed by atoms with van der Waals surface area (Å²) in [5.74, 6) is -57.1. The van der Waals surface area contributed by atoms with Gasteiger partial charge in [-0.05, 0) is 38.0 Å². The van der Waals surface area contributed by atoms with E-state index < -0.39 is 71.3 Å². The first-order valence-electron chi connectivity index (χ1n) is 10.6. The molecule has 0 aromatic heterocycles. The maximum Gasteiger partial charge on any atom is 0.460 e. The Morgan fingerprint density at radius 1 is 0.625 bits per heavy atom. The first-order chi connectivity index (χ1) is 17.4. The molecule has 2 atom stereocenters. The molecule has 0 bridgehead atoms. The van der Waals surface area contributed by atoms with Crippen molar-refractivity contribution in [3.63, 3.8) is 0 Å². The standard InChI is InChI=1S/C21H19F17O2/c1-4-10(2)40-12-7-5-11(6-8-12)13(3,39)9-14(22,23)15(24,25)16(26,27)17(28,29)18(30,31)19(32,33)20(34,35)21(36,37)38/h5-8,10,39H,4,9H2,1-3H3. The van der Waals surface area contributed by atoms with E-state index in [0.717, 1.165) is 12.1 Å². The van der Waals surface area contributed by atoms with Crippen molar-refractivity contribution in [1.29, 1.82) is 0 Å². The van der Waals surface area contributed by atoms with E-state index in [1.807, 2.05) is 0 Å². The zero-order valence-electron chi connectivity index (χ0n) is 20.1. The molecule has 1 N–H and O–H groups in total. The molecule has 0 saturated carbocycles. The Kier molecular flexibility index (Phi) is 9.18. The highest BCUT2D eigenvalue weighted by Gasteiger charge is 2.95. The predicted octanol–water partition coefficient (Wildman–Crippen LogP) is 8.47. The highest BCUT2D eigenvalue weighted by atomic mass is 19.4. The van der Waals surface area contributed by atoms with Gasteiger partial charge in [-0.1, -0.05) is 19.1 Å². The van der Waals surface area contributed by atoms with E-state index in [0.29, 0.717) is 18.6 Å². The summed E-state index contributed by atoms with van der Waals surface area (Å²) in [6, 6.07) is 3.34. The third-order valence-electron chi connectivity index (χ3n) is 5.74. The lowest BCUT2D eigenvalue weighted by molar-refractivity contribution is -0.462.